The fourth-order valence-corrected chi connectivity index (χ4v) is 3.23. The highest BCUT2D eigenvalue weighted by Gasteiger charge is 2.40. The molecule has 3 atom stereocenters. The third kappa shape index (κ3) is 1.84. The molecule has 18 heavy (non-hydrogen) atoms. The molecule has 2 N–H and O–H groups in total. The lowest BCUT2D eigenvalue weighted by molar-refractivity contribution is -0.137. The molecule has 6 nitrogen and oxygen atoms in total. The van der Waals surface area contributed by atoms with E-state index in [2.05, 4.69) is 17.6 Å². The van der Waals surface area contributed by atoms with E-state index in [1.165, 1.54) is 0 Å². The van der Waals surface area contributed by atoms with Crippen LogP contribution >= 0.6 is 0 Å². The average Bonchev–Trinajstić information content (AvgIpc) is 2.95. The molecule has 0 radical (unpaired) electrons. The zero-order valence-electron chi connectivity index (χ0n) is 10.7. The van der Waals surface area contributed by atoms with Crippen LogP contribution in [-0.2, 0) is 4.79 Å². The minimum absolute atomic E-state index is 0.0167. The van der Waals surface area contributed by atoms with Crippen molar-refractivity contribution in [1.29, 1.82) is 0 Å². The number of carbonyl (C=O) groups is 2. The molecule has 3 unspecified atom stereocenters. The van der Waals surface area contributed by atoms with E-state index in [-0.39, 0.29) is 29.9 Å². The predicted octanol–water partition coefficient (Wildman–Crippen LogP) is -0.780. The van der Waals surface area contributed by atoms with Crippen LogP contribution in [0.15, 0.2) is 0 Å². The minimum atomic E-state index is 0.0167. The number of nitrogens with one attached hydrogen (secondary N) is 2. The van der Waals surface area contributed by atoms with Crippen LogP contribution in [0.3, 0.4) is 0 Å². The van der Waals surface area contributed by atoms with Crippen LogP contribution in [-0.4, -0.2) is 66.5 Å². The van der Waals surface area contributed by atoms with E-state index >= 15 is 0 Å². The summed E-state index contributed by atoms with van der Waals surface area (Å²) in [5.41, 5.74) is 0. The normalized spacial score (nSPS) is 35.6. The van der Waals surface area contributed by atoms with Crippen LogP contribution in [0.5, 0.6) is 0 Å². The molecule has 100 valence electrons. The fraction of sp³-hybridized carbons (Fsp3) is 0.833. The molecular formula is C12H20N4O2. The van der Waals surface area contributed by atoms with Crippen molar-refractivity contribution < 1.29 is 9.59 Å². The number of hydrogen-bond donors (Lipinski definition) is 2. The van der Waals surface area contributed by atoms with Crippen molar-refractivity contribution in [3.63, 3.8) is 0 Å². The number of fused-ring (bicyclic) bond motifs is 1. The van der Waals surface area contributed by atoms with Gasteiger partial charge in [-0.05, 0) is 19.9 Å². The number of carbonyl (C=O) groups excluding carboxylic acids is 2. The molecular weight excluding hydrogens is 232 g/mol. The van der Waals surface area contributed by atoms with Crippen molar-refractivity contribution >= 4 is 11.9 Å². The van der Waals surface area contributed by atoms with Crippen LogP contribution < -0.4 is 10.6 Å². The second kappa shape index (κ2) is 4.42. The first-order valence-corrected chi connectivity index (χ1v) is 6.73. The third-order valence-corrected chi connectivity index (χ3v) is 4.39. The molecule has 0 aromatic heterocycles. The van der Waals surface area contributed by atoms with Gasteiger partial charge >= 0.3 is 6.03 Å². The SMILES string of the molecule is CC1NCCC1C(=O)N1CCN2C(=O)NCC2C1. The number of hydrogen-bond acceptors (Lipinski definition) is 3. The van der Waals surface area contributed by atoms with Crippen molar-refractivity contribution in [3.8, 4) is 0 Å². The second-order valence-electron chi connectivity index (χ2n) is 5.46. The highest BCUT2D eigenvalue weighted by Crippen LogP contribution is 2.21. The lowest BCUT2D eigenvalue weighted by Gasteiger charge is -2.38. The Morgan fingerprint density at radius 1 is 1.39 bits per heavy atom. The number of nitrogens with zero attached hydrogens (tertiary/aromatic N) is 2. The zero-order valence-corrected chi connectivity index (χ0v) is 10.7. The Kier molecular flexibility index (Phi) is 2.89. The van der Waals surface area contributed by atoms with Gasteiger partial charge in [0.1, 0.15) is 0 Å². The van der Waals surface area contributed by atoms with Crippen LogP contribution in [0, 0.1) is 5.92 Å². The summed E-state index contributed by atoms with van der Waals surface area (Å²) in [6, 6.07) is 0.460. The second-order valence-corrected chi connectivity index (χ2v) is 5.46. The third-order valence-electron chi connectivity index (χ3n) is 4.39. The minimum Gasteiger partial charge on any atom is -0.338 e. The first-order chi connectivity index (χ1) is 8.66. The van der Waals surface area contributed by atoms with E-state index in [9.17, 15) is 9.59 Å². The molecule has 6 heteroatoms. The largest absolute Gasteiger partial charge is 0.338 e. The maximum absolute atomic E-state index is 12.4. The Balaban J connectivity index is 1.64. The van der Waals surface area contributed by atoms with Gasteiger partial charge in [0.25, 0.3) is 0 Å². The standard InChI is InChI=1S/C12H20N4O2/c1-8-10(2-3-13-8)11(17)15-4-5-16-9(7-15)6-14-12(16)18/h8-10,13H,2-7H2,1H3,(H,14,18). The molecule has 0 bridgehead atoms. The Morgan fingerprint density at radius 2 is 2.22 bits per heavy atom. The van der Waals surface area contributed by atoms with Crippen molar-refractivity contribution in [3.05, 3.63) is 0 Å². The average molecular weight is 252 g/mol. The Morgan fingerprint density at radius 3 is 2.94 bits per heavy atom. The molecule has 0 aromatic carbocycles. The number of rotatable bonds is 1. The predicted molar refractivity (Wildman–Crippen MR) is 66.0 cm³/mol. The van der Waals surface area contributed by atoms with E-state index in [0.29, 0.717) is 26.2 Å². The van der Waals surface area contributed by atoms with Gasteiger partial charge in [-0.3, -0.25) is 4.79 Å². The van der Waals surface area contributed by atoms with E-state index in [1.807, 2.05) is 9.80 Å². The molecule has 3 amide bonds. The first kappa shape index (κ1) is 11.8. The van der Waals surface area contributed by atoms with Gasteiger partial charge in [0.2, 0.25) is 5.91 Å². The lowest BCUT2D eigenvalue weighted by Crippen LogP contribution is -2.55. The molecule has 3 rings (SSSR count). The maximum atomic E-state index is 12.4. The molecule has 0 spiro atoms. The van der Waals surface area contributed by atoms with Crippen LogP contribution in [0.1, 0.15) is 13.3 Å². The highest BCUT2D eigenvalue weighted by molar-refractivity contribution is 5.81. The van der Waals surface area contributed by atoms with Gasteiger partial charge < -0.3 is 20.4 Å². The highest BCUT2D eigenvalue weighted by atomic mass is 16.2. The van der Waals surface area contributed by atoms with Gasteiger partial charge in [0.15, 0.2) is 0 Å². The van der Waals surface area contributed by atoms with Gasteiger partial charge in [-0.15, -0.1) is 0 Å². The smallest absolute Gasteiger partial charge is 0.317 e. The topological polar surface area (TPSA) is 64.7 Å². The summed E-state index contributed by atoms with van der Waals surface area (Å²) in [5, 5.41) is 6.15. The van der Waals surface area contributed by atoms with E-state index in [1.54, 1.807) is 0 Å². The molecule has 3 saturated heterocycles. The Hall–Kier alpha value is -1.30. The van der Waals surface area contributed by atoms with Crippen LogP contribution in [0.4, 0.5) is 4.79 Å². The van der Waals surface area contributed by atoms with E-state index < -0.39 is 0 Å². The van der Waals surface area contributed by atoms with Crippen molar-refractivity contribution in [1.82, 2.24) is 20.4 Å². The van der Waals surface area contributed by atoms with Gasteiger partial charge in [-0.25, -0.2) is 4.79 Å². The maximum Gasteiger partial charge on any atom is 0.317 e. The summed E-state index contributed by atoms with van der Waals surface area (Å²) >= 11 is 0. The molecule has 3 fully saturated rings. The molecule has 0 saturated carbocycles. The fourth-order valence-electron chi connectivity index (χ4n) is 3.23. The number of amides is 3. The van der Waals surface area contributed by atoms with Gasteiger partial charge in [0, 0.05) is 32.2 Å². The summed E-state index contributed by atoms with van der Waals surface area (Å²) in [7, 11) is 0. The molecule has 3 aliphatic rings. The zero-order chi connectivity index (χ0) is 12.7. The Bertz CT molecular complexity index is 373. The molecule has 0 aromatic rings. The van der Waals surface area contributed by atoms with Gasteiger partial charge in [-0.2, -0.15) is 0 Å². The number of piperazine rings is 1. The van der Waals surface area contributed by atoms with Crippen LogP contribution in [0.25, 0.3) is 0 Å². The van der Waals surface area contributed by atoms with Crippen LogP contribution in [0.2, 0.25) is 0 Å². The van der Waals surface area contributed by atoms with E-state index in [4.69, 9.17) is 0 Å². The summed E-state index contributed by atoms with van der Waals surface area (Å²) in [6.07, 6.45) is 0.933. The summed E-state index contributed by atoms with van der Waals surface area (Å²) in [6.45, 7) is 5.69. The van der Waals surface area contributed by atoms with E-state index in [0.717, 1.165) is 13.0 Å². The molecule has 3 heterocycles. The summed E-state index contributed by atoms with van der Waals surface area (Å²) in [5.74, 6) is 0.369. The van der Waals surface area contributed by atoms with Crippen molar-refractivity contribution in [2.24, 2.45) is 5.92 Å². The summed E-state index contributed by atoms with van der Waals surface area (Å²) in [4.78, 5) is 27.7. The lowest BCUT2D eigenvalue weighted by atomic mass is 9.99. The van der Waals surface area contributed by atoms with Gasteiger partial charge in [-0.1, -0.05) is 0 Å². The molecule has 0 aliphatic carbocycles. The van der Waals surface area contributed by atoms with Crippen molar-refractivity contribution in [2.45, 2.75) is 25.4 Å². The number of urea groups is 1. The summed E-state index contributed by atoms with van der Waals surface area (Å²) < 4.78 is 0. The molecule has 3 aliphatic heterocycles. The monoisotopic (exact) mass is 252 g/mol. The van der Waals surface area contributed by atoms with Gasteiger partial charge in [0.05, 0.1) is 12.0 Å². The first-order valence-electron chi connectivity index (χ1n) is 6.73. The quantitative estimate of drug-likeness (QED) is 0.643. The Labute approximate surface area is 107 Å². The van der Waals surface area contributed by atoms with Crippen molar-refractivity contribution in [2.75, 3.05) is 32.7 Å².